The number of nitrogens with zero attached hydrogens (tertiary/aromatic N) is 1. The molecule has 1 nitrogen and oxygen atoms in total. The predicted octanol–water partition coefficient (Wildman–Crippen LogP) is 18.2. The molecule has 316 valence electrons. The molecule has 0 spiro atoms. The molecule has 1 aliphatic rings. The summed E-state index contributed by atoms with van der Waals surface area (Å²) in [5.41, 5.74) is 13.8. The van der Waals surface area contributed by atoms with Gasteiger partial charge in [-0.1, -0.05) is 193 Å². The fourth-order valence-electron chi connectivity index (χ4n) is 13.3. The molecule has 0 saturated carbocycles. The third-order valence-electron chi connectivity index (χ3n) is 15.4. The van der Waals surface area contributed by atoms with Gasteiger partial charge in [-0.25, -0.2) is 0 Å². The van der Waals surface area contributed by atoms with E-state index in [1.807, 2.05) is 0 Å². The van der Waals surface area contributed by atoms with Gasteiger partial charge in [-0.15, -0.1) is 0 Å². The molecule has 0 atom stereocenters. The van der Waals surface area contributed by atoms with Crippen LogP contribution in [0.5, 0.6) is 0 Å². The van der Waals surface area contributed by atoms with Gasteiger partial charge in [0.2, 0.25) is 0 Å². The molecule has 11 aromatic carbocycles. The van der Waals surface area contributed by atoms with Crippen molar-refractivity contribution in [1.29, 1.82) is 0 Å². The molecule has 0 aliphatic heterocycles. The second kappa shape index (κ2) is 13.8. The quantitative estimate of drug-likeness (QED) is 0.123. The lowest BCUT2D eigenvalue weighted by molar-refractivity contribution is 0.0965. The van der Waals surface area contributed by atoms with Gasteiger partial charge >= 0.3 is 0 Å². The first-order valence-electron chi connectivity index (χ1n) is 23.6. The van der Waals surface area contributed by atoms with Gasteiger partial charge in [-0.2, -0.15) is 0 Å². The van der Waals surface area contributed by atoms with E-state index in [2.05, 4.69) is 246 Å². The van der Waals surface area contributed by atoms with E-state index in [1.165, 1.54) is 126 Å². The summed E-state index contributed by atoms with van der Waals surface area (Å²) in [5.74, 6) is 0. The maximum absolute atomic E-state index is 2.59. The number of fused-ring (bicyclic) bond motifs is 14. The maximum atomic E-state index is 2.59. The van der Waals surface area contributed by atoms with Crippen molar-refractivity contribution < 1.29 is 0 Å². The Bertz CT molecular complexity index is 3930. The topological polar surface area (TPSA) is 4.93 Å². The first-order valence-corrected chi connectivity index (χ1v) is 23.6. The molecule has 1 aromatic heterocycles. The van der Waals surface area contributed by atoms with Crippen LogP contribution in [0.25, 0.3) is 115 Å². The van der Waals surface area contributed by atoms with E-state index in [0.717, 1.165) is 0 Å². The number of aromatic nitrogens is 1. The van der Waals surface area contributed by atoms with Crippen molar-refractivity contribution in [2.24, 2.45) is 10.8 Å². The highest BCUT2D eigenvalue weighted by Crippen LogP contribution is 2.67. The van der Waals surface area contributed by atoms with Crippen molar-refractivity contribution in [3.05, 3.63) is 211 Å². The standard InChI is InChI=1S/C65H51N/c1-63(2,3)65(64(4,5)6)56-39-43-36-41(33-32-40(43)37-55(56)61-48-25-12-10-22-45(48)46-23-11-17-30-53(46)62(61)65)59-49-26-13-15-28-51(49)60(52-29-16-14-27-50(52)59)42-34-35-58-54(38-42)47-24-18-19-31-57(47)66(58)44-20-8-7-9-21-44/h7-39H,1-6H3. The molecule has 0 fully saturated rings. The van der Waals surface area contributed by atoms with Crippen molar-refractivity contribution in [2.75, 3.05) is 0 Å². The molecule has 0 amide bonds. The summed E-state index contributed by atoms with van der Waals surface area (Å²) in [4.78, 5) is 0. The van der Waals surface area contributed by atoms with Gasteiger partial charge in [-0.05, 0) is 158 Å². The monoisotopic (exact) mass is 845 g/mol. The molecule has 1 heteroatoms. The zero-order valence-electron chi connectivity index (χ0n) is 38.5. The van der Waals surface area contributed by atoms with Crippen molar-refractivity contribution in [3.63, 3.8) is 0 Å². The molecule has 13 rings (SSSR count). The molecule has 0 N–H and O–H groups in total. The van der Waals surface area contributed by atoms with Gasteiger partial charge < -0.3 is 4.57 Å². The average Bonchev–Trinajstić information content (AvgIpc) is 3.84. The van der Waals surface area contributed by atoms with E-state index in [1.54, 1.807) is 0 Å². The van der Waals surface area contributed by atoms with E-state index >= 15 is 0 Å². The van der Waals surface area contributed by atoms with Gasteiger partial charge in [0.1, 0.15) is 0 Å². The first kappa shape index (κ1) is 38.9. The van der Waals surface area contributed by atoms with E-state index < -0.39 is 0 Å². The van der Waals surface area contributed by atoms with Crippen LogP contribution in [0.1, 0.15) is 52.7 Å². The lowest BCUT2D eigenvalue weighted by atomic mass is 9.49. The summed E-state index contributed by atoms with van der Waals surface area (Å²) in [5, 5.41) is 15.5. The van der Waals surface area contributed by atoms with E-state index in [4.69, 9.17) is 0 Å². The summed E-state index contributed by atoms with van der Waals surface area (Å²) >= 11 is 0. The normalized spacial score (nSPS) is 13.7. The minimum atomic E-state index is -0.284. The lowest BCUT2D eigenvalue weighted by Crippen LogP contribution is -2.50. The highest BCUT2D eigenvalue weighted by molar-refractivity contribution is 6.23. The second-order valence-corrected chi connectivity index (χ2v) is 20.8. The fraction of sp³-hybridized carbons (Fsp3) is 0.138. The minimum absolute atomic E-state index is 0.108. The molecule has 0 unspecified atom stereocenters. The van der Waals surface area contributed by atoms with E-state index in [-0.39, 0.29) is 16.2 Å². The number of benzene rings is 11. The first-order chi connectivity index (χ1) is 32.0. The molecule has 12 aromatic rings. The maximum Gasteiger partial charge on any atom is 0.0541 e. The van der Waals surface area contributed by atoms with Gasteiger partial charge in [0, 0.05) is 21.9 Å². The smallest absolute Gasteiger partial charge is 0.0541 e. The van der Waals surface area contributed by atoms with Crippen LogP contribution in [0, 0.1) is 10.8 Å². The highest BCUT2D eigenvalue weighted by Gasteiger charge is 2.58. The van der Waals surface area contributed by atoms with Crippen LogP contribution in [0.2, 0.25) is 0 Å². The Hall–Kier alpha value is -7.48. The second-order valence-electron chi connectivity index (χ2n) is 20.8. The fourth-order valence-corrected chi connectivity index (χ4v) is 13.3. The van der Waals surface area contributed by atoms with Crippen LogP contribution >= 0.6 is 0 Å². The third kappa shape index (κ3) is 5.17. The van der Waals surface area contributed by atoms with Crippen molar-refractivity contribution in [1.82, 2.24) is 4.57 Å². The number of rotatable bonds is 3. The van der Waals surface area contributed by atoms with Crippen LogP contribution in [0.3, 0.4) is 0 Å². The third-order valence-corrected chi connectivity index (χ3v) is 15.4. The molecule has 66 heavy (non-hydrogen) atoms. The molecule has 0 bridgehead atoms. The zero-order valence-corrected chi connectivity index (χ0v) is 38.5. The summed E-state index contributed by atoms with van der Waals surface area (Å²) in [7, 11) is 0. The van der Waals surface area contributed by atoms with Gasteiger partial charge in [-0.3, -0.25) is 0 Å². The van der Waals surface area contributed by atoms with Crippen molar-refractivity contribution in [2.45, 2.75) is 47.0 Å². The Balaban J connectivity index is 1.06. The highest BCUT2D eigenvalue weighted by atomic mass is 15.0. The molecular formula is C65H51N. The number of hydrogen-bond donors (Lipinski definition) is 0. The SMILES string of the molecule is CC(C)(C)C1(C(C)(C)C)c2cc3cc(-c4c5ccccc5c(-c5ccc6c(c5)c5ccccc5n6-c5ccccc5)c5ccccc45)ccc3cc2-c2c1c1ccccc1c1ccccc21. The predicted molar refractivity (Wildman–Crippen MR) is 284 cm³/mol. The molecule has 0 saturated heterocycles. The molecule has 0 radical (unpaired) electrons. The Labute approximate surface area is 386 Å². The molecular weight excluding hydrogens is 795 g/mol. The van der Waals surface area contributed by atoms with Crippen LogP contribution in [-0.4, -0.2) is 4.57 Å². The van der Waals surface area contributed by atoms with Crippen LogP contribution in [0.4, 0.5) is 0 Å². The summed E-state index contributed by atoms with van der Waals surface area (Å²) in [6.07, 6.45) is 0. The van der Waals surface area contributed by atoms with Gasteiger partial charge in [0.15, 0.2) is 0 Å². The van der Waals surface area contributed by atoms with Crippen molar-refractivity contribution in [3.8, 4) is 39.1 Å². The van der Waals surface area contributed by atoms with E-state index in [0.29, 0.717) is 0 Å². The Morgan fingerprint density at radius 2 is 0.788 bits per heavy atom. The Morgan fingerprint density at radius 1 is 0.333 bits per heavy atom. The molecule has 1 heterocycles. The lowest BCUT2D eigenvalue weighted by Gasteiger charge is -2.53. The van der Waals surface area contributed by atoms with Crippen LogP contribution in [0.15, 0.2) is 200 Å². The molecule has 1 aliphatic carbocycles. The van der Waals surface area contributed by atoms with E-state index in [9.17, 15) is 0 Å². The number of hydrogen-bond acceptors (Lipinski definition) is 0. The van der Waals surface area contributed by atoms with Crippen molar-refractivity contribution >= 4 is 75.7 Å². The van der Waals surface area contributed by atoms with Gasteiger partial charge in [0.25, 0.3) is 0 Å². The minimum Gasteiger partial charge on any atom is -0.309 e. The van der Waals surface area contributed by atoms with Crippen LogP contribution < -0.4 is 0 Å². The Kier molecular flexibility index (Phi) is 8.12. The van der Waals surface area contributed by atoms with Crippen LogP contribution in [-0.2, 0) is 5.41 Å². The average molecular weight is 846 g/mol. The largest absolute Gasteiger partial charge is 0.309 e. The summed E-state index contributed by atoms with van der Waals surface area (Å²) in [6, 6.07) is 75.5. The summed E-state index contributed by atoms with van der Waals surface area (Å²) in [6.45, 7) is 14.8. The van der Waals surface area contributed by atoms with Gasteiger partial charge in [0.05, 0.1) is 11.0 Å². The number of para-hydroxylation sites is 2. The zero-order chi connectivity index (χ0) is 44.7. The Morgan fingerprint density at radius 3 is 1.38 bits per heavy atom. The summed E-state index contributed by atoms with van der Waals surface area (Å²) < 4.78 is 2.40.